The number of carbonyl (C=O) groups is 3. The summed E-state index contributed by atoms with van der Waals surface area (Å²) in [7, 11) is 0. The first-order chi connectivity index (χ1) is 10.2. The molecule has 0 unspecified atom stereocenters. The second kappa shape index (κ2) is 11.0. The van der Waals surface area contributed by atoms with Crippen molar-refractivity contribution in [1.29, 1.82) is 0 Å². The van der Waals surface area contributed by atoms with Gasteiger partial charge in [0, 0.05) is 6.54 Å². The zero-order valence-corrected chi connectivity index (χ0v) is 13.5. The molecule has 0 spiro atoms. The fourth-order valence-electron chi connectivity index (χ4n) is 1.91. The van der Waals surface area contributed by atoms with Gasteiger partial charge in [0.05, 0.1) is 36.9 Å². The molecule has 8 nitrogen and oxygen atoms in total. The Morgan fingerprint density at radius 2 is 1.55 bits per heavy atom. The highest BCUT2D eigenvalue weighted by Gasteiger charge is 2.15. The minimum absolute atomic E-state index is 0.0586. The van der Waals surface area contributed by atoms with Gasteiger partial charge in [0.2, 0.25) is 11.8 Å². The Bertz CT molecular complexity index is 372. The third-order valence-electron chi connectivity index (χ3n) is 2.93. The number of quaternary nitrogens is 2. The molecule has 0 aromatic carbocycles. The zero-order chi connectivity index (χ0) is 17.1. The summed E-state index contributed by atoms with van der Waals surface area (Å²) in [6.45, 7) is 4.12. The van der Waals surface area contributed by atoms with E-state index in [0.717, 1.165) is 0 Å². The summed E-state index contributed by atoms with van der Waals surface area (Å²) in [5.74, 6) is -1.69. The molecule has 0 rings (SSSR count). The minimum atomic E-state index is -1.29. The number of carbonyl (C=O) groups excluding carboxylic acids is 3. The van der Waals surface area contributed by atoms with Crippen molar-refractivity contribution < 1.29 is 31.0 Å². The Balaban J connectivity index is 3.94. The lowest BCUT2D eigenvalue weighted by Crippen LogP contribution is -2.61. The van der Waals surface area contributed by atoms with Crippen molar-refractivity contribution >= 4 is 17.8 Å². The molecule has 128 valence electrons. The molecule has 0 bridgehead atoms. The van der Waals surface area contributed by atoms with Gasteiger partial charge in [-0.2, -0.15) is 0 Å². The first-order valence-electron chi connectivity index (χ1n) is 7.65. The molecule has 0 heterocycles. The van der Waals surface area contributed by atoms with E-state index < -0.39 is 12.0 Å². The maximum Gasteiger partial charge on any atom is 0.226 e. The van der Waals surface area contributed by atoms with E-state index in [4.69, 9.17) is 0 Å². The topological polar surface area (TPSA) is 154 Å². The predicted molar refractivity (Wildman–Crippen MR) is 77.7 cm³/mol. The average Bonchev–Trinajstić information content (AvgIpc) is 2.34. The fraction of sp³-hybridized carbons (Fsp3) is 0.786. The highest BCUT2D eigenvalue weighted by Crippen LogP contribution is 2.01. The van der Waals surface area contributed by atoms with Crippen molar-refractivity contribution in [1.82, 2.24) is 10.6 Å². The molecule has 0 fully saturated rings. The molecule has 0 aliphatic rings. The summed E-state index contributed by atoms with van der Waals surface area (Å²) < 4.78 is 0. The number of rotatable bonds is 11. The lowest BCUT2D eigenvalue weighted by atomic mass is 10.1. The number of hydrogen-bond donors (Lipinski definition) is 4. The smallest absolute Gasteiger partial charge is 0.226 e. The van der Waals surface area contributed by atoms with Gasteiger partial charge < -0.3 is 32.0 Å². The number of aliphatic carboxylic acids is 1. The van der Waals surface area contributed by atoms with Gasteiger partial charge in [0.1, 0.15) is 0 Å². The van der Waals surface area contributed by atoms with Gasteiger partial charge >= 0.3 is 0 Å². The number of hydrogen-bond acceptors (Lipinski definition) is 4. The summed E-state index contributed by atoms with van der Waals surface area (Å²) in [4.78, 5) is 33.9. The Labute approximate surface area is 131 Å². The number of unbranched alkanes of at least 4 members (excludes halogenated alkanes) is 1. The van der Waals surface area contributed by atoms with Crippen LogP contribution in [0, 0.1) is 0 Å². The van der Waals surface area contributed by atoms with E-state index in [9.17, 15) is 19.5 Å². The van der Waals surface area contributed by atoms with Crippen LogP contribution in [0.1, 0.15) is 46.0 Å². The molecule has 0 aliphatic heterocycles. The van der Waals surface area contributed by atoms with E-state index in [1.807, 2.05) is 6.92 Å². The summed E-state index contributed by atoms with van der Waals surface area (Å²) >= 11 is 0. The van der Waals surface area contributed by atoms with E-state index in [-0.39, 0.29) is 36.7 Å². The van der Waals surface area contributed by atoms with Crippen LogP contribution in [-0.2, 0) is 14.4 Å². The molecular weight excluding hydrogens is 288 g/mol. The van der Waals surface area contributed by atoms with Gasteiger partial charge in [0.25, 0.3) is 0 Å². The van der Waals surface area contributed by atoms with Crippen molar-refractivity contribution in [3.63, 3.8) is 0 Å². The number of nitrogens with one attached hydrogen (secondary N) is 2. The van der Waals surface area contributed by atoms with Crippen LogP contribution >= 0.6 is 0 Å². The molecule has 3 atom stereocenters. The van der Waals surface area contributed by atoms with Crippen LogP contribution in [0.15, 0.2) is 0 Å². The Morgan fingerprint density at radius 1 is 1.00 bits per heavy atom. The molecule has 8 N–H and O–H groups in total. The quantitative estimate of drug-likeness (QED) is 0.293. The van der Waals surface area contributed by atoms with Gasteiger partial charge in [-0.05, 0) is 33.1 Å². The van der Waals surface area contributed by atoms with Crippen LogP contribution in [-0.4, -0.2) is 42.5 Å². The van der Waals surface area contributed by atoms with Crippen LogP contribution in [0.2, 0.25) is 0 Å². The maximum atomic E-state index is 11.5. The van der Waals surface area contributed by atoms with Crippen LogP contribution in [0.5, 0.6) is 0 Å². The predicted octanol–water partition coefficient (Wildman–Crippen LogP) is -3.45. The highest BCUT2D eigenvalue weighted by molar-refractivity contribution is 5.82. The van der Waals surface area contributed by atoms with Crippen LogP contribution in [0.25, 0.3) is 0 Å². The van der Waals surface area contributed by atoms with E-state index in [1.165, 1.54) is 0 Å². The van der Waals surface area contributed by atoms with Crippen molar-refractivity contribution in [2.45, 2.75) is 64.1 Å². The van der Waals surface area contributed by atoms with E-state index in [2.05, 4.69) is 22.1 Å². The molecule has 8 heteroatoms. The number of amides is 2. The van der Waals surface area contributed by atoms with Gasteiger partial charge in [-0.3, -0.25) is 9.59 Å². The molecule has 22 heavy (non-hydrogen) atoms. The highest BCUT2D eigenvalue weighted by atomic mass is 16.4. The molecule has 0 aromatic rings. The van der Waals surface area contributed by atoms with E-state index >= 15 is 0 Å². The summed E-state index contributed by atoms with van der Waals surface area (Å²) in [6.07, 6.45) is 2.05. The van der Waals surface area contributed by atoms with Crippen molar-refractivity contribution in [3.8, 4) is 0 Å². The second-order valence-electron chi connectivity index (χ2n) is 5.90. The first kappa shape index (κ1) is 20.3. The van der Waals surface area contributed by atoms with E-state index in [0.29, 0.717) is 25.8 Å². The molecular formula is C14H29N4O4+. The monoisotopic (exact) mass is 317 g/mol. The SMILES string of the molecule is C[C@@H]([NH3+])CC(=O)NCCCC[C@H](NC(=O)C[C@@H](C)[NH3+])C(=O)[O-]. The second-order valence-corrected chi connectivity index (χ2v) is 5.90. The standard InChI is InChI=1S/C14H28N4O4/c1-9(15)7-12(19)17-6-4-3-5-11(14(21)22)18-13(20)8-10(2)16/h9-11H,3-8,15-16H2,1-2H3,(H,17,19)(H,18,20)(H,21,22)/p+1/t9-,10-,11+/m1/s1. The van der Waals surface area contributed by atoms with Gasteiger partial charge in [-0.15, -0.1) is 0 Å². The Kier molecular flexibility index (Phi) is 10.1. The molecule has 0 saturated heterocycles. The van der Waals surface area contributed by atoms with Crippen molar-refractivity contribution in [3.05, 3.63) is 0 Å². The van der Waals surface area contributed by atoms with Gasteiger partial charge in [0.15, 0.2) is 0 Å². The first-order valence-corrected chi connectivity index (χ1v) is 7.65. The Morgan fingerprint density at radius 3 is 2.05 bits per heavy atom. The van der Waals surface area contributed by atoms with Crippen molar-refractivity contribution in [2.75, 3.05) is 6.54 Å². The third kappa shape index (κ3) is 11.0. The maximum absolute atomic E-state index is 11.5. The van der Waals surface area contributed by atoms with Gasteiger partial charge in [-0.25, -0.2) is 0 Å². The van der Waals surface area contributed by atoms with E-state index in [1.54, 1.807) is 6.92 Å². The normalized spacial score (nSPS) is 14.7. The lowest BCUT2D eigenvalue weighted by molar-refractivity contribution is -0.413. The number of carboxylic acids is 1. The Hall–Kier alpha value is -1.67. The largest absolute Gasteiger partial charge is 0.548 e. The zero-order valence-electron chi connectivity index (χ0n) is 13.5. The lowest BCUT2D eigenvalue weighted by Gasteiger charge is -2.20. The average molecular weight is 317 g/mol. The molecule has 2 amide bonds. The summed E-state index contributed by atoms with van der Waals surface area (Å²) in [6, 6.07) is -1.01. The molecule has 0 aliphatic carbocycles. The molecule has 0 saturated carbocycles. The number of carboxylic acid groups (broad SMARTS) is 1. The van der Waals surface area contributed by atoms with Crippen LogP contribution in [0.3, 0.4) is 0 Å². The molecule has 0 aromatic heterocycles. The third-order valence-corrected chi connectivity index (χ3v) is 2.93. The van der Waals surface area contributed by atoms with Crippen LogP contribution < -0.4 is 27.2 Å². The minimum Gasteiger partial charge on any atom is -0.548 e. The van der Waals surface area contributed by atoms with Crippen LogP contribution in [0.4, 0.5) is 0 Å². The molecule has 0 radical (unpaired) electrons. The van der Waals surface area contributed by atoms with Gasteiger partial charge in [-0.1, -0.05) is 0 Å². The summed E-state index contributed by atoms with van der Waals surface area (Å²) in [5.41, 5.74) is 7.42. The van der Waals surface area contributed by atoms with Crippen molar-refractivity contribution in [2.24, 2.45) is 0 Å². The fourth-order valence-corrected chi connectivity index (χ4v) is 1.91. The summed E-state index contributed by atoms with van der Waals surface area (Å²) in [5, 5.41) is 16.2.